The van der Waals surface area contributed by atoms with E-state index in [4.69, 9.17) is 0 Å². The molecule has 0 atom stereocenters. The number of rotatable bonds is 1. The third-order valence-corrected chi connectivity index (χ3v) is 4.46. The zero-order valence-electron chi connectivity index (χ0n) is 11.5. The Balaban J connectivity index is 1.62. The molecule has 0 aliphatic carbocycles. The number of fused-ring (bicyclic) bond motifs is 6. The quantitative estimate of drug-likeness (QED) is 0.264. The van der Waals surface area contributed by atoms with Gasteiger partial charge in [-0.25, -0.2) is 0 Å². The fourth-order valence-electron chi connectivity index (χ4n) is 3.44. The number of H-pyrrole nitrogens is 6. The van der Waals surface area contributed by atoms with Crippen LogP contribution < -0.4 is 0 Å². The first-order valence-corrected chi connectivity index (χ1v) is 7.23. The fourth-order valence-corrected chi connectivity index (χ4v) is 3.44. The summed E-state index contributed by atoms with van der Waals surface area (Å²) >= 11 is 0. The van der Waals surface area contributed by atoms with E-state index in [9.17, 15) is 0 Å². The van der Waals surface area contributed by atoms with Crippen LogP contribution in [0.5, 0.6) is 0 Å². The van der Waals surface area contributed by atoms with E-state index in [2.05, 4.69) is 42.0 Å². The predicted octanol–water partition coefficient (Wildman–Crippen LogP) is 3.94. The summed E-state index contributed by atoms with van der Waals surface area (Å²) in [5, 5.41) is 0. The van der Waals surface area contributed by atoms with Crippen LogP contribution in [0.2, 0.25) is 0 Å². The summed E-state index contributed by atoms with van der Waals surface area (Å²) < 4.78 is 0. The highest BCUT2D eigenvalue weighted by Gasteiger charge is 2.14. The van der Waals surface area contributed by atoms with Crippen molar-refractivity contribution in [2.45, 2.75) is 0 Å². The Hall–Kier alpha value is -3.28. The van der Waals surface area contributed by atoms with Gasteiger partial charge >= 0.3 is 0 Å². The van der Waals surface area contributed by atoms with Crippen molar-refractivity contribution in [1.29, 1.82) is 0 Å². The van der Waals surface area contributed by atoms with Gasteiger partial charge in [0.05, 0.1) is 55.5 Å². The monoisotopic (exact) mass is 288 g/mol. The minimum absolute atomic E-state index is 1.07. The van der Waals surface area contributed by atoms with Crippen LogP contribution in [0, 0.1) is 0 Å². The Morgan fingerprint density at radius 3 is 1.50 bits per heavy atom. The Labute approximate surface area is 122 Å². The van der Waals surface area contributed by atoms with Crippen molar-refractivity contribution in [3.8, 4) is 11.4 Å². The minimum Gasteiger partial charge on any atom is -0.358 e. The molecule has 0 bridgehead atoms. The molecular weight excluding hydrogens is 276 g/mol. The largest absolute Gasteiger partial charge is 0.358 e. The summed E-state index contributed by atoms with van der Waals surface area (Å²) in [4.78, 5) is 20.3. The molecule has 6 rings (SSSR count). The highest BCUT2D eigenvalue weighted by molar-refractivity contribution is 6.07. The Kier molecular flexibility index (Phi) is 1.57. The van der Waals surface area contributed by atoms with Gasteiger partial charge < -0.3 is 29.9 Å². The highest BCUT2D eigenvalue weighted by Crippen LogP contribution is 2.32. The first-order chi connectivity index (χ1) is 10.9. The SMILES string of the molecule is c1cc2[nH]c3cc(-c4cc5[nH]c6cc[nH]c6c5[nH]4)[nH]c3c2[nH]1. The van der Waals surface area contributed by atoms with E-state index in [0.717, 1.165) is 55.5 Å². The molecule has 6 heterocycles. The van der Waals surface area contributed by atoms with Gasteiger partial charge in [0.25, 0.3) is 0 Å². The van der Waals surface area contributed by atoms with Gasteiger partial charge in [0, 0.05) is 12.4 Å². The Morgan fingerprint density at radius 2 is 1.00 bits per heavy atom. The van der Waals surface area contributed by atoms with E-state index in [1.54, 1.807) is 0 Å². The van der Waals surface area contributed by atoms with Crippen LogP contribution >= 0.6 is 0 Å². The zero-order valence-corrected chi connectivity index (χ0v) is 11.5. The van der Waals surface area contributed by atoms with E-state index in [1.165, 1.54) is 0 Å². The summed E-state index contributed by atoms with van der Waals surface area (Å²) in [6.07, 6.45) is 3.89. The van der Waals surface area contributed by atoms with Gasteiger partial charge in [-0.05, 0) is 24.3 Å². The van der Waals surface area contributed by atoms with Gasteiger partial charge in [-0.15, -0.1) is 0 Å². The van der Waals surface area contributed by atoms with Gasteiger partial charge in [-0.3, -0.25) is 0 Å². The first-order valence-electron chi connectivity index (χ1n) is 7.23. The normalized spacial score (nSPS) is 12.5. The molecule has 0 saturated carbocycles. The second kappa shape index (κ2) is 3.30. The second-order valence-corrected chi connectivity index (χ2v) is 5.73. The Morgan fingerprint density at radius 1 is 0.500 bits per heavy atom. The van der Waals surface area contributed by atoms with Crippen LogP contribution in [-0.2, 0) is 0 Å². The number of aromatic nitrogens is 6. The maximum absolute atomic E-state index is 3.50. The molecule has 0 spiro atoms. The average Bonchev–Trinajstić information content (AvgIpc) is 3.24. The summed E-state index contributed by atoms with van der Waals surface area (Å²) in [6.45, 7) is 0. The molecule has 0 radical (unpaired) electrons. The van der Waals surface area contributed by atoms with Crippen LogP contribution in [0.25, 0.3) is 55.5 Å². The minimum atomic E-state index is 1.07. The fraction of sp³-hybridized carbons (Fsp3) is 0. The zero-order chi connectivity index (χ0) is 14.3. The molecule has 6 aromatic rings. The van der Waals surface area contributed by atoms with Crippen molar-refractivity contribution in [1.82, 2.24) is 29.9 Å². The van der Waals surface area contributed by atoms with Gasteiger partial charge in [0.2, 0.25) is 0 Å². The summed E-state index contributed by atoms with van der Waals surface area (Å²) in [6, 6.07) is 8.37. The third kappa shape index (κ3) is 1.12. The lowest BCUT2D eigenvalue weighted by Crippen LogP contribution is -1.77. The van der Waals surface area contributed by atoms with Crippen molar-refractivity contribution in [2.24, 2.45) is 0 Å². The van der Waals surface area contributed by atoms with E-state index >= 15 is 0 Å². The van der Waals surface area contributed by atoms with Gasteiger partial charge in [0.15, 0.2) is 0 Å². The van der Waals surface area contributed by atoms with Crippen LogP contribution in [-0.4, -0.2) is 29.9 Å². The van der Waals surface area contributed by atoms with Gasteiger partial charge in [-0.1, -0.05) is 0 Å². The predicted molar refractivity (Wildman–Crippen MR) is 88.0 cm³/mol. The Bertz CT molecular complexity index is 1180. The molecule has 0 fully saturated rings. The molecule has 6 heteroatoms. The molecule has 0 saturated heterocycles. The highest BCUT2D eigenvalue weighted by atomic mass is 14.9. The molecule has 0 unspecified atom stereocenters. The average molecular weight is 288 g/mol. The van der Waals surface area contributed by atoms with E-state index in [0.29, 0.717) is 0 Å². The van der Waals surface area contributed by atoms with Crippen molar-refractivity contribution in [3.63, 3.8) is 0 Å². The molecule has 0 aliphatic rings. The number of aromatic amines is 6. The molecule has 106 valence electrons. The maximum Gasteiger partial charge on any atom is 0.0885 e. The lowest BCUT2D eigenvalue weighted by Gasteiger charge is -1.92. The van der Waals surface area contributed by atoms with Crippen LogP contribution in [0.3, 0.4) is 0 Å². The maximum atomic E-state index is 3.50. The summed E-state index contributed by atoms with van der Waals surface area (Å²) in [7, 11) is 0. The van der Waals surface area contributed by atoms with Crippen molar-refractivity contribution in [2.75, 3.05) is 0 Å². The molecular formula is C16H12N6. The standard InChI is InChI=1S/C16H12N6/c1-3-17-13-7(1)19-11-5-9(21-15(11)13)10-6-12-16(22-10)14-8(20-12)2-4-18-14/h1-6,17-22H. The molecule has 0 amide bonds. The summed E-state index contributed by atoms with van der Waals surface area (Å²) in [5.74, 6) is 0. The van der Waals surface area contributed by atoms with Crippen LogP contribution in [0.4, 0.5) is 0 Å². The van der Waals surface area contributed by atoms with Crippen molar-refractivity contribution < 1.29 is 0 Å². The van der Waals surface area contributed by atoms with Gasteiger partial charge in [-0.2, -0.15) is 0 Å². The molecule has 0 aromatic carbocycles. The first kappa shape index (κ1) is 10.4. The summed E-state index contributed by atoms with van der Waals surface area (Å²) in [5.41, 5.74) is 11.1. The van der Waals surface area contributed by atoms with E-state index < -0.39 is 0 Å². The number of nitrogens with one attached hydrogen (secondary N) is 6. The van der Waals surface area contributed by atoms with Crippen LogP contribution in [0.1, 0.15) is 0 Å². The number of hydrogen-bond acceptors (Lipinski definition) is 0. The molecule has 6 aromatic heterocycles. The lowest BCUT2D eigenvalue weighted by atomic mass is 10.3. The van der Waals surface area contributed by atoms with E-state index in [-0.39, 0.29) is 0 Å². The molecule has 22 heavy (non-hydrogen) atoms. The van der Waals surface area contributed by atoms with Crippen molar-refractivity contribution in [3.05, 3.63) is 36.7 Å². The topological polar surface area (TPSA) is 94.7 Å². The van der Waals surface area contributed by atoms with Crippen LogP contribution in [0.15, 0.2) is 36.7 Å². The van der Waals surface area contributed by atoms with Gasteiger partial charge in [0.1, 0.15) is 0 Å². The molecule has 6 N–H and O–H groups in total. The van der Waals surface area contributed by atoms with E-state index in [1.807, 2.05) is 24.5 Å². The lowest BCUT2D eigenvalue weighted by molar-refractivity contribution is 1.37. The number of hydrogen-bond donors (Lipinski definition) is 6. The molecule has 0 aliphatic heterocycles. The smallest absolute Gasteiger partial charge is 0.0885 e. The third-order valence-electron chi connectivity index (χ3n) is 4.46. The van der Waals surface area contributed by atoms with Crippen molar-refractivity contribution >= 4 is 44.1 Å². The molecule has 6 nitrogen and oxygen atoms in total. The second-order valence-electron chi connectivity index (χ2n) is 5.73.